The number of nitrogens with zero attached hydrogens (tertiary/aromatic N) is 5. The average molecular weight is 1410 g/mol. The first kappa shape index (κ1) is 61.9. The highest BCUT2D eigenvalue weighted by molar-refractivity contribution is 9.10. The van der Waals surface area contributed by atoms with Crippen molar-refractivity contribution in [2.75, 3.05) is 4.90 Å². The van der Waals surface area contributed by atoms with Gasteiger partial charge in [0.25, 0.3) is 0 Å². The monoisotopic (exact) mass is 1410 g/mol. The van der Waals surface area contributed by atoms with Crippen LogP contribution in [-0.4, -0.2) is 19.9 Å². The molecule has 0 bridgehead atoms. The van der Waals surface area contributed by atoms with Crippen molar-refractivity contribution in [1.82, 2.24) is 19.9 Å². The molecule has 3 aliphatic heterocycles. The molecular weight excluding hydrogens is 1350 g/mol. The Morgan fingerprint density at radius 1 is 0.248 bits per heavy atom. The van der Waals surface area contributed by atoms with Gasteiger partial charge in [-0.1, -0.05) is 283 Å². The predicted molar refractivity (Wildman–Crippen MR) is 421 cm³/mol. The summed E-state index contributed by atoms with van der Waals surface area (Å²) in [6.07, 6.45) is 8.40. The van der Waals surface area contributed by atoms with Gasteiger partial charge in [-0.25, -0.2) is 0 Å². The highest BCUT2D eigenvalue weighted by atomic mass is 79.9. The first-order valence-electron chi connectivity index (χ1n) is 35.7. The van der Waals surface area contributed by atoms with Gasteiger partial charge in [0.2, 0.25) is 0 Å². The highest BCUT2D eigenvalue weighted by Gasteiger charge is 2.55. The van der Waals surface area contributed by atoms with Crippen molar-refractivity contribution in [2.24, 2.45) is 0 Å². The van der Waals surface area contributed by atoms with E-state index >= 15 is 0 Å². The number of halogens is 1. The van der Waals surface area contributed by atoms with Crippen molar-refractivity contribution >= 4 is 33.0 Å². The second kappa shape index (κ2) is 24.7. The van der Waals surface area contributed by atoms with Crippen LogP contribution in [0.3, 0.4) is 0 Å². The molecule has 0 atom stereocenters. The summed E-state index contributed by atoms with van der Waals surface area (Å²) in [6, 6.07) is 126. The molecule has 105 heavy (non-hydrogen) atoms. The average Bonchev–Trinajstić information content (AvgIpc) is 1.28. The minimum absolute atomic E-state index is 0.270. The van der Waals surface area contributed by atoms with E-state index in [1.165, 1.54) is 55.6 Å². The SMILES string of the molecule is Brc1ccc2c(c1)C1(c3ccccc3O2)c2cccnc2-c2ncccc21.c1ccc(C2(c3ccccc3)c3ccccc3Cc3ccccc32)cc1.c1ccc(C2(c3ccccc3)c3ccccc3N(c3ccc4c(c3)C3(c5ccccc5O4)c4cccnc4-c4ncccc43)c3ccccc32)cc1. The third-order valence-corrected chi connectivity index (χ3v) is 22.9. The number of para-hydroxylation sites is 4. The zero-order chi connectivity index (χ0) is 69.7. The van der Waals surface area contributed by atoms with Crippen LogP contribution in [0.4, 0.5) is 17.1 Å². The normalized spacial score (nSPS) is 14.7. The van der Waals surface area contributed by atoms with E-state index in [2.05, 4.69) is 318 Å². The molecule has 0 saturated heterocycles. The van der Waals surface area contributed by atoms with Gasteiger partial charge in [0.05, 0.1) is 55.8 Å². The van der Waals surface area contributed by atoms with Crippen LogP contribution in [0.2, 0.25) is 0 Å². The Hall–Kier alpha value is -12.9. The first-order valence-corrected chi connectivity index (χ1v) is 36.5. The minimum Gasteiger partial charge on any atom is -0.457 e. The smallest absolute Gasteiger partial charge is 0.132 e. The van der Waals surface area contributed by atoms with Crippen molar-refractivity contribution in [1.29, 1.82) is 0 Å². The van der Waals surface area contributed by atoms with E-state index in [1.807, 2.05) is 79.4 Å². The van der Waals surface area contributed by atoms with Crippen LogP contribution in [0, 0.1) is 0 Å². The molecule has 7 nitrogen and oxygen atoms in total. The molecule has 496 valence electrons. The summed E-state index contributed by atoms with van der Waals surface area (Å²) >= 11 is 3.65. The number of ether oxygens (including phenoxy) is 2. The molecule has 6 aliphatic rings. The van der Waals surface area contributed by atoms with E-state index in [-0.39, 0.29) is 5.41 Å². The van der Waals surface area contributed by atoms with Crippen LogP contribution in [0.1, 0.15) is 100 Å². The molecule has 2 spiro atoms. The Balaban J connectivity index is 0.000000116. The zero-order valence-electron chi connectivity index (χ0n) is 56.9. The van der Waals surface area contributed by atoms with Gasteiger partial charge in [0.15, 0.2) is 0 Å². The summed E-state index contributed by atoms with van der Waals surface area (Å²) < 4.78 is 14.1. The standard InChI is InChI=1S/C48H31N3O.C26H20.C23H13BrN2O/c1-3-15-32(16-4-1)47(33-17-5-2-6-18-33)35-19-7-10-24-41(35)51(42-25-11-8-20-36(42)47)34-27-28-44-40(31-34)48(37-21-9-12-26-43(37)52-44)38-22-13-29-49-45(38)46-39(48)23-14-30-50-46;1-3-13-22(14-4-1)26(23-15-5-2-6-16-23)24-17-9-7-11-20(24)19-21-12-8-10-18-25(21)26;24-14-9-10-20-18(13-14)23(15-5-1-2-8-19(15)27-20)16-6-3-11-25-21(16)22-17(23)7-4-12-26-22/h1-31H;1-18H,19H2;1-13H. The van der Waals surface area contributed by atoms with Crippen molar-refractivity contribution in [2.45, 2.75) is 28.1 Å². The maximum Gasteiger partial charge on any atom is 0.132 e. The Morgan fingerprint density at radius 3 is 0.962 bits per heavy atom. The van der Waals surface area contributed by atoms with Crippen LogP contribution < -0.4 is 14.4 Å². The predicted octanol–water partition coefficient (Wildman–Crippen LogP) is 22.8. The lowest BCUT2D eigenvalue weighted by Gasteiger charge is -2.47. The molecule has 22 rings (SSSR count). The highest BCUT2D eigenvalue weighted by Crippen LogP contribution is 2.65. The quantitative estimate of drug-likeness (QED) is 0.170. The summed E-state index contributed by atoms with van der Waals surface area (Å²) in [5.74, 6) is 3.41. The number of pyridine rings is 4. The molecule has 4 aromatic heterocycles. The molecule has 12 aromatic carbocycles. The van der Waals surface area contributed by atoms with Crippen molar-refractivity contribution in [3.63, 3.8) is 0 Å². The lowest BCUT2D eigenvalue weighted by Crippen LogP contribution is -2.38. The molecule has 0 saturated carbocycles. The third kappa shape index (κ3) is 9.03. The summed E-state index contributed by atoms with van der Waals surface area (Å²) in [7, 11) is 0. The van der Waals surface area contributed by atoms with Crippen LogP contribution in [-0.2, 0) is 28.1 Å². The summed E-state index contributed by atoms with van der Waals surface area (Å²) in [6.45, 7) is 0. The Labute approximate surface area is 618 Å². The Morgan fingerprint density at radius 2 is 0.552 bits per heavy atom. The number of anilines is 3. The van der Waals surface area contributed by atoms with Gasteiger partial charge in [-0.05, 0) is 169 Å². The maximum atomic E-state index is 6.76. The molecule has 0 amide bonds. The van der Waals surface area contributed by atoms with Gasteiger partial charge in [-0.3, -0.25) is 19.9 Å². The van der Waals surface area contributed by atoms with Crippen molar-refractivity contribution in [3.8, 4) is 45.8 Å². The van der Waals surface area contributed by atoms with Crippen molar-refractivity contribution < 1.29 is 9.47 Å². The van der Waals surface area contributed by atoms with Gasteiger partial charge >= 0.3 is 0 Å². The molecule has 0 radical (unpaired) electrons. The largest absolute Gasteiger partial charge is 0.457 e. The van der Waals surface area contributed by atoms with Gasteiger partial charge in [-0.2, -0.15) is 0 Å². The second-order valence-corrected chi connectivity index (χ2v) is 28.4. The lowest BCUT2D eigenvalue weighted by atomic mass is 9.60. The number of benzene rings is 12. The fourth-order valence-corrected chi connectivity index (χ4v) is 18.9. The third-order valence-electron chi connectivity index (χ3n) is 22.4. The zero-order valence-corrected chi connectivity index (χ0v) is 58.5. The van der Waals surface area contributed by atoms with E-state index in [4.69, 9.17) is 29.4 Å². The summed E-state index contributed by atoms with van der Waals surface area (Å²) in [5, 5.41) is 0. The minimum atomic E-state index is -0.667. The number of hydrogen-bond acceptors (Lipinski definition) is 7. The van der Waals surface area contributed by atoms with E-state index < -0.39 is 16.2 Å². The number of fused-ring (bicyclic) bond motifs is 22. The van der Waals surface area contributed by atoms with E-state index in [0.717, 1.165) is 118 Å². The van der Waals surface area contributed by atoms with Gasteiger partial charge in [0, 0.05) is 57.2 Å². The fourth-order valence-electron chi connectivity index (χ4n) is 18.5. The van der Waals surface area contributed by atoms with Crippen LogP contribution in [0.25, 0.3) is 22.8 Å². The fraction of sp³-hybridized carbons (Fsp3) is 0.0515. The van der Waals surface area contributed by atoms with Gasteiger partial charge < -0.3 is 14.4 Å². The molecular formula is C97H64BrN5O2. The van der Waals surface area contributed by atoms with Crippen LogP contribution in [0.15, 0.2) is 381 Å². The van der Waals surface area contributed by atoms with Crippen LogP contribution >= 0.6 is 15.9 Å². The Bertz CT molecular complexity index is 5820. The van der Waals surface area contributed by atoms with E-state index in [1.54, 1.807) is 0 Å². The van der Waals surface area contributed by atoms with Gasteiger partial charge in [-0.15, -0.1) is 0 Å². The lowest BCUT2D eigenvalue weighted by molar-refractivity contribution is 0.436. The van der Waals surface area contributed by atoms with Crippen molar-refractivity contribution in [3.05, 3.63) is 481 Å². The van der Waals surface area contributed by atoms with Crippen LogP contribution in [0.5, 0.6) is 23.0 Å². The molecule has 16 aromatic rings. The Kier molecular flexibility index (Phi) is 14.6. The summed E-state index contributed by atoms with van der Waals surface area (Å²) in [4.78, 5) is 21.7. The molecule has 0 N–H and O–H groups in total. The number of hydrogen-bond donors (Lipinski definition) is 0. The van der Waals surface area contributed by atoms with E-state index in [9.17, 15) is 0 Å². The topological polar surface area (TPSA) is 73.3 Å². The number of rotatable bonds is 5. The first-order chi connectivity index (χ1) is 52.0. The maximum absolute atomic E-state index is 6.76. The number of aromatic nitrogens is 4. The molecule has 8 heteroatoms. The second-order valence-electron chi connectivity index (χ2n) is 27.4. The van der Waals surface area contributed by atoms with Gasteiger partial charge in [0.1, 0.15) is 23.0 Å². The molecule has 0 unspecified atom stereocenters. The van der Waals surface area contributed by atoms with E-state index in [0.29, 0.717) is 0 Å². The molecule has 3 aliphatic carbocycles. The molecule has 0 fully saturated rings. The summed E-state index contributed by atoms with van der Waals surface area (Å²) in [5.41, 5.74) is 27.2. The molecule has 7 heterocycles.